The summed E-state index contributed by atoms with van der Waals surface area (Å²) >= 11 is 0. The summed E-state index contributed by atoms with van der Waals surface area (Å²) < 4.78 is 11.3. The van der Waals surface area contributed by atoms with E-state index in [9.17, 15) is 4.79 Å². The van der Waals surface area contributed by atoms with Gasteiger partial charge in [0.1, 0.15) is 12.4 Å². The van der Waals surface area contributed by atoms with Gasteiger partial charge in [-0.3, -0.25) is 4.79 Å². The normalized spacial score (nSPS) is 25.2. The van der Waals surface area contributed by atoms with E-state index in [1.165, 1.54) is 0 Å². The molecule has 1 aromatic carbocycles. The van der Waals surface area contributed by atoms with Crippen molar-refractivity contribution in [3.63, 3.8) is 0 Å². The lowest BCUT2D eigenvalue weighted by Gasteiger charge is -2.32. The van der Waals surface area contributed by atoms with E-state index in [0.717, 1.165) is 44.8 Å². The SMILES string of the molecule is CC1CN(C(=O)c2cccc(OCC3CCCO3)c2)CCN1. The summed E-state index contributed by atoms with van der Waals surface area (Å²) in [6.07, 6.45) is 2.35. The molecule has 120 valence electrons. The van der Waals surface area contributed by atoms with Crippen LogP contribution >= 0.6 is 0 Å². The molecule has 0 radical (unpaired) electrons. The van der Waals surface area contributed by atoms with Gasteiger partial charge in [0.05, 0.1) is 6.10 Å². The Morgan fingerprint density at radius 1 is 1.50 bits per heavy atom. The molecule has 2 unspecified atom stereocenters. The highest BCUT2D eigenvalue weighted by Crippen LogP contribution is 2.18. The number of nitrogens with one attached hydrogen (secondary N) is 1. The maximum absolute atomic E-state index is 12.6. The quantitative estimate of drug-likeness (QED) is 0.919. The summed E-state index contributed by atoms with van der Waals surface area (Å²) in [4.78, 5) is 14.5. The summed E-state index contributed by atoms with van der Waals surface area (Å²) in [6, 6.07) is 7.81. The summed E-state index contributed by atoms with van der Waals surface area (Å²) in [5.41, 5.74) is 0.693. The first-order valence-electron chi connectivity index (χ1n) is 8.09. The zero-order chi connectivity index (χ0) is 15.4. The number of benzene rings is 1. The minimum Gasteiger partial charge on any atom is -0.491 e. The third kappa shape index (κ3) is 3.78. The van der Waals surface area contributed by atoms with Crippen LogP contribution in [-0.2, 0) is 4.74 Å². The van der Waals surface area contributed by atoms with Gasteiger partial charge >= 0.3 is 0 Å². The van der Waals surface area contributed by atoms with E-state index in [2.05, 4.69) is 12.2 Å². The van der Waals surface area contributed by atoms with Gasteiger partial charge in [-0.15, -0.1) is 0 Å². The van der Waals surface area contributed by atoms with Gasteiger partial charge < -0.3 is 19.7 Å². The van der Waals surface area contributed by atoms with Gasteiger partial charge in [0.2, 0.25) is 0 Å². The van der Waals surface area contributed by atoms with Gasteiger partial charge in [-0.25, -0.2) is 0 Å². The van der Waals surface area contributed by atoms with Crippen LogP contribution in [0.4, 0.5) is 0 Å². The number of piperazine rings is 1. The second-order valence-electron chi connectivity index (χ2n) is 6.08. The van der Waals surface area contributed by atoms with E-state index >= 15 is 0 Å². The number of carbonyl (C=O) groups excluding carboxylic acids is 1. The molecule has 1 N–H and O–H groups in total. The van der Waals surface area contributed by atoms with Crippen LogP contribution in [0.1, 0.15) is 30.1 Å². The van der Waals surface area contributed by atoms with Crippen molar-refractivity contribution in [1.82, 2.24) is 10.2 Å². The molecule has 0 bridgehead atoms. The van der Waals surface area contributed by atoms with E-state index in [0.29, 0.717) is 18.2 Å². The molecular formula is C17H24N2O3. The summed E-state index contributed by atoms with van der Waals surface area (Å²) in [6.45, 7) is 5.84. The Morgan fingerprint density at radius 2 is 2.41 bits per heavy atom. The van der Waals surface area contributed by atoms with Gasteiger partial charge in [0.15, 0.2) is 0 Å². The van der Waals surface area contributed by atoms with Crippen LogP contribution in [0.2, 0.25) is 0 Å². The van der Waals surface area contributed by atoms with E-state index < -0.39 is 0 Å². The van der Waals surface area contributed by atoms with E-state index in [1.54, 1.807) is 0 Å². The maximum atomic E-state index is 12.6. The summed E-state index contributed by atoms with van der Waals surface area (Å²) in [5, 5.41) is 3.35. The lowest BCUT2D eigenvalue weighted by molar-refractivity contribution is 0.0674. The van der Waals surface area contributed by atoms with Crippen LogP contribution in [0.25, 0.3) is 0 Å². The molecule has 3 rings (SSSR count). The highest BCUT2D eigenvalue weighted by Gasteiger charge is 2.22. The Bertz CT molecular complexity index is 514. The molecule has 0 aromatic heterocycles. The summed E-state index contributed by atoms with van der Waals surface area (Å²) in [7, 11) is 0. The Balaban J connectivity index is 1.61. The van der Waals surface area contributed by atoms with Crippen LogP contribution in [0.5, 0.6) is 5.75 Å². The molecule has 2 fully saturated rings. The maximum Gasteiger partial charge on any atom is 0.254 e. The fourth-order valence-electron chi connectivity index (χ4n) is 2.98. The van der Waals surface area contributed by atoms with Crippen molar-refractivity contribution >= 4 is 5.91 Å². The van der Waals surface area contributed by atoms with E-state index in [4.69, 9.17) is 9.47 Å². The molecule has 2 aliphatic heterocycles. The standard InChI is InChI=1S/C17H24N2O3/c1-13-11-19(8-7-18-13)17(20)14-4-2-5-15(10-14)22-12-16-6-3-9-21-16/h2,4-5,10,13,16,18H,3,6-9,11-12H2,1H3. The smallest absolute Gasteiger partial charge is 0.254 e. The molecule has 0 aliphatic carbocycles. The third-order valence-electron chi connectivity index (χ3n) is 4.20. The fourth-order valence-corrected chi connectivity index (χ4v) is 2.98. The minimum absolute atomic E-state index is 0.0796. The second kappa shape index (κ2) is 7.11. The average Bonchev–Trinajstić information content (AvgIpc) is 3.06. The monoisotopic (exact) mass is 304 g/mol. The zero-order valence-electron chi connectivity index (χ0n) is 13.1. The number of carbonyl (C=O) groups is 1. The van der Waals surface area contributed by atoms with Gasteiger partial charge in [0, 0.05) is 37.8 Å². The Kier molecular flexibility index (Phi) is 4.95. The zero-order valence-corrected chi connectivity index (χ0v) is 13.1. The molecule has 5 nitrogen and oxygen atoms in total. The van der Waals surface area contributed by atoms with Crippen LogP contribution in [-0.4, -0.2) is 55.8 Å². The molecule has 2 saturated heterocycles. The lowest BCUT2D eigenvalue weighted by atomic mass is 10.1. The fraction of sp³-hybridized carbons (Fsp3) is 0.588. The highest BCUT2D eigenvalue weighted by molar-refractivity contribution is 5.94. The van der Waals surface area contributed by atoms with Crippen molar-refractivity contribution < 1.29 is 14.3 Å². The van der Waals surface area contributed by atoms with Crippen molar-refractivity contribution in [3.05, 3.63) is 29.8 Å². The number of nitrogens with zero attached hydrogens (tertiary/aromatic N) is 1. The first kappa shape index (κ1) is 15.3. The summed E-state index contributed by atoms with van der Waals surface area (Å²) in [5.74, 6) is 0.820. The lowest BCUT2D eigenvalue weighted by Crippen LogP contribution is -2.51. The van der Waals surface area contributed by atoms with Crippen molar-refractivity contribution in [2.24, 2.45) is 0 Å². The van der Waals surface area contributed by atoms with Gasteiger partial charge in [-0.05, 0) is 38.0 Å². The van der Waals surface area contributed by atoms with Crippen molar-refractivity contribution in [3.8, 4) is 5.75 Å². The molecule has 1 amide bonds. The van der Waals surface area contributed by atoms with Gasteiger partial charge in [-0.1, -0.05) is 6.07 Å². The molecule has 2 heterocycles. The Labute approximate surface area is 131 Å². The predicted octanol–water partition coefficient (Wildman–Crippen LogP) is 1.68. The number of amides is 1. The minimum atomic E-state index is 0.0796. The third-order valence-corrected chi connectivity index (χ3v) is 4.20. The number of ether oxygens (including phenoxy) is 2. The predicted molar refractivity (Wildman–Crippen MR) is 84.3 cm³/mol. The molecule has 2 atom stereocenters. The molecule has 2 aliphatic rings. The van der Waals surface area contributed by atoms with Crippen LogP contribution in [0.15, 0.2) is 24.3 Å². The van der Waals surface area contributed by atoms with Crippen molar-refractivity contribution in [1.29, 1.82) is 0 Å². The van der Waals surface area contributed by atoms with Crippen LogP contribution in [0.3, 0.4) is 0 Å². The topological polar surface area (TPSA) is 50.8 Å². The van der Waals surface area contributed by atoms with Crippen LogP contribution < -0.4 is 10.1 Å². The average molecular weight is 304 g/mol. The Hall–Kier alpha value is -1.59. The van der Waals surface area contributed by atoms with E-state index in [-0.39, 0.29) is 12.0 Å². The van der Waals surface area contributed by atoms with E-state index in [1.807, 2.05) is 29.2 Å². The Morgan fingerprint density at radius 3 is 3.18 bits per heavy atom. The van der Waals surface area contributed by atoms with Gasteiger partial charge in [-0.2, -0.15) is 0 Å². The highest BCUT2D eigenvalue weighted by atomic mass is 16.5. The molecule has 1 aromatic rings. The van der Waals surface area contributed by atoms with Gasteiger partial charge in [0.25, 0.3) is 5.91 Å². The molecule has 0 saturated carbocycles. The molecular weight excluding hydrogens is 280 g/mol. The first-order chi connectivity index (χ1) is 10.7. The largest absolute Gasteiger partial charge is 0.491 e. The molecule has 5 heteroatoms. The number of hydrogen-bond donors (Lipinski definition) is 1. The molecule has 0 spiro atoms. The second-order valence-corrected chi connectivity index (χ2v) is 6.08. The first-order valence-corrected chi connectivity index (χ1v) is 8.09. The molecule has 22 heavy (non-hydrogen) atoms. The number of hydrogen-bond acceptors (Lipinski definition) is 4. The van der Waals surface area contributed by atoms with Crippen molar-refractivity contribution in [2.45, 2.75) is 31.9 Å². The number of rotatable bonds is 4. The van der Waals surface area contributed by atoms with Crippen LogP contribution in [0, 0.1) is 0 Å². The van der Waals surface area contributed by atoms with Crippen molar-refractivity contribution in [2.75, 3.05) is 32.8 Å².